The topological polar surface area (TPSA) is 9.23 Å². The molecule has 0 unspecified atom stereocenters. The predicted octanol–water partition coefficient (Wildman–Crippen LogP) is 7.24. The van der Waals surface area contributed by atoms with Crippen molar-refractivity contribution in [3.05, 3.63) is 29.3 Å². The van der Waals surface area contributed by atoms with Gasteiger partial charge in [-0.1, -0.05) is 25.3 Å². The summed E-state index contributed by atoms with van der Waals surface area (Å²) in [6.45, 7) is 2.13. The third-order valence-corrected chi connectivity index (χ3v) is 7.89. The second-order valence-electron chi connectivity index (χ2n) is 9.19. The maximum absolute atomic E-state index is 14.5. The van der Waals surface area contributed by atoms with Crippen LogP contribution in [0.2, 0.25) is 0 Å². The molecule has 0 N–H and O–H groups in total. The second kappa shape index (κ2) is 8.49. The maximum Gasteiger partial charge on any atom is 0.200 e. The van der Waals surface area contributed by atoms with Crippen molar-refractivity contribution in [2.24, 2.45) is 23.7 Å². The molecule has 3 heteroatoms. The first kappa shape index (κ1) is 19.2. The molecule has 3 fully saturated rings. The molecule has 0 bridgehead atoms. The fraction of sp³-hybridized carbons (Fsp3) is 0.750. The highest BCUT2D eigenvalue weighted by Gasteiger charge is 2.35. The maximum atomic E-state index is 14.5. The average Bonchev–Trinajstić information content (AvgIpc) is 2.65. The fourth-order valence-corrected chi connectivity index (χ4v) is 6.03. The number of halogens is 2. The lowest BCUT2D eigenvalue weighted by molar-refractivity contribution is 0.103. The molecule has 0 saturated heterocycles. The van der Waals surface area contributed by atoms with E-state index in [9.17, 15) is 8.78 Å². The van der Waals surface area contributed by atoms with Crippen LogP contribution in [0.15, 0.2) is 12.1 Å². The first-order valence-electron chi connectivity index (χ1n) is 11.3. The summed E-state index contributed by atoms with van der Waals surface area (Å²) in [4.78, 5) is 0. The molecule has 1 aromatic rings. The molecule has 0 atom stereocenters. The lowest BCUT2D eigenvalue weighted by atomic mass is 9.64. The number of rotatable bonds is 5. The molecule has 1 aromatic carbocycles. The molecule has 0 aliphatic heterocycles. The molecule has 3 aliphatic rings. The van der Waals surface area contributed by atoms with Crippen LogP contribution in [0.3, 0.4) is 0 Å². The van der Waals surface area contributed by atoms with Crippen LogP contribution in [-0.4, -0.2) is 6.61 Å². The highest BCUT2D eigenvalue weighted by atomic mass is 19.2. The Balaban J connectivity index is 1.31. The molecule has 0 heterocycles. The highest BCUT2D eigenvalue weighted by Crippen LogP contribution is 2.48. The third-order valence-electron chi connectivity index (χ3n) is 7.89. The Labute approximate surface area is 162 Å². The van der Waals surface area contributed by atoms with Crippen molar-refractivity contribution >= 4 is 0 Å². The number of ether oxygens (including phenoxy) is 1. The van der Waals surface area contributed by atoms with E-state index in [0.717, 1.165) is 36.5 Å². The van der Waals surface area contributed by atoms with E-state index >= 15 is 0 Å². The Morgan fingerprint density at radius 3 is 1.74 bits per heavy atom. The first-order valence-corrected chi connectivity index (χ1v) is 11.3. The van der Waals surface area contributed by atoms with Gasteiger partial charge in [-0.15, -0.1) is 0 Å². The van der Waals surface area contributed by atoms with Gasteiger partial charge in [0.15, 0.2) is 11.6 Å². The number of hydrogen-bond acceptors (Lipinski definition) is 1. The zero-order valence-electron chi connectivity index (χ0n) is 16.7. The molecule has 27 heavy (non-hydrogen) atoms. The minimum atomic E-state index is -0.814. The lowest BCUT2D eigenvalue weighted by Gasteiger charge is -2.42. The molecule has 0 amide bonds. The Morgan fingerprint density at radius 1 is 0.741 bits per heavy atom. The summed E-state index contributed by atoms with van der Waals surface area (Å²) in [6.07, 6.45) is 14.4. The molecule has 0 aromatic heterocycles. The van der Waals surface area contributed by atoms with Crippen LogP contribution in [0.5, 0.6) is 5.75 Å². The summed E-state index contributed by atoms with van der Waals surface area (Å²) in [6, 6.07) is 3.35. The molecule has 3 saturated carbocycles. The summed E-state index contributed by atoms with van der Waals surface area (Å²) in [5.74, 6) is 2.43. The molecule has 3 aliphatic carbocycles. The average molecular weight is 377 g/mol. The summed E-state index contributed by atoms with van der Waals surface area (Å²) < 4.78 is 33.9. The zero-order chi connectivity index (χ0) is 18.8. The Bertz CT molecular complexity index is 624. The van der Waals surface area contributed by atoms with Crippen LogP contribution >= 0.6 is 0 Å². The molecular weight excluding hydrogens is 342 g/mol. The Hall–Kier alpha value is -1.12. The molecule has 1 nitrogen and oxygen atoms in total. The third kappa shape index (κ3) is 4.03. The van der Waals surface area contributed by atoms with Crippen molar-refractivity contribution in [2.75, 3.05) is 6.61 Å². The highest BCUT2D eigenvalue weighted by molar-refractivity contribution is 5.33. The van der Waals surface area contributed by atoms with Crippen molar-refractivity contribution in [1.82, 2.24) is 0 Å². The van der Waals surface area contributed by atoms with Crippen LogP contribution < -0.4 is 4.74 Å². The number of benzene rings is 1. The Kier molecular flexibility index (Phi) is 6.04. The normalized spacial score (nSPS) is 32.1. The smallest absolute Gasteiger partial charge is 0.200 e. The van der Waals surface area contributed by atoms with Gasteiger partial charge in [-0.25, -0.2) is 4.39 Å². The van der Waals surface area contributed by atoms with Crippen molar-refractivity contribution < 1.29 is 13.5 Å². The largest absolute Gasteiger partial charge is 0.491 e. The van der Waals surface area contributed by atoms with Gasteiger partial charge < -0.3 is 4.74 Å². The van der Waals surface area contributed by atoms with E-state index in [4.69, 9.17) is 4.74 Å². The first-order chi connectivity index (χ1) is 13.2. The molecular formula is C24H34F2O. The van der Waals surface area contributed by atoms with Crippen LogP contribution in [0.4, 0.5) is 8.78 Å². The van der Waals surface area contributed by atoms with Gasteiger partial charge in [0.25, 0.3) is 0 Å². The summed E-state index contributed by atoms with van der Waals surface area (Å²) in [7, 11) is 0. The van der Waals surface area contributed by atoms with Gasteiger partial charge in [0, 0.05) is 0 Å². The van der Waals surface area contributed by atoms with Crippen LogP contribution in [0, 0.1) is 35.3 Å². The van der Waals surface area contributed by atoms with Crippen molar-refractivity contribution in [2.45, 2.75) is 83.5 Å². The van der Waals surface area contributed by atoms with Crippen molar-refractivity contribution in [3.63, 3.8) is 0 Å². The van der Waals surface area contributed by atoms with E-state index in [1.807, 2.05) is 0 Å². The Morgan fingerprint density at radius 2 is 1.26 bits per heavy atom. The van der Waals surface area contributed by atoms with E-state index in [1.54, 1.807) is 19.1 Å². The minimum absolute atomic E-state index is 0.0376. The van der Waals surface area contributed by atoms with E-state index in [2.05, 4.69) is 0 Å². The van der Waals surface area contributed by atoms with Crippen LogP contribution in [0.1, 0.15) is 89.0 Å². The quantitative estimate of drug-likeness (QED) is 0.526. The van der Waals surface area contributed by atoms with Gasteiger partial charge >= 0.3 is 0 Å². The fourth-order valence-electron chi connectivity index (χ4n) is 6.03. The van der Waals surface area contributed by atoms with E-state index in [0.29, 0.717) is 12.2 Å². The monoisotopic (exact) mass is 376 g/mol. The standard InChI is InChI=1S/C24H34F2O/c1-2-27-22-15-14-21(23(25)24(22)26)20-12-10-19(11-13-20)18-8-6-17(7-9-18)16-4-3-5-16/h14-20H,2-13H2,1H3. The van der Waals surface area contributed by atoms with Gasteiger partial charge in [0.2, 0.25) is 5.82 Å². The van der Waals surface area contributed by atoms with Gasteiger partial charge in [0.1, 0.15) is 0 Å². The summed E-state index contributed by atoms with van der Waals surface area (Å²) in [5.41, 5.74) is 0.558. The summed E-state index contributed by atoms with van der Waals surface area (Å²) in [5, 5.41) is 0. The predicted molar refractivity (Wildman–Crippen MR) is 105 cm³/mol. The molecule has 4 rings (SSSR count). The SMILES string of the molecule is CCOc1ccc(C2CCC(C3CCC(C4CCC4)CC3)CC2)c(F)c1F. The van der Waals surface area contributed by atoms with Gasteiger partial charge in [-0.05, 0) is 99.5 Å². The summed E-state index contributed by atoms with van der Waals surface area (Å²) >= 11 is 0. The van der Waals surface area contributed by atoms with Crippen molar-refractivity contribution in [1.29, 1.82) is 0 Å². The zero-order valence-corrected chi connectivity index (χ0v) is 16.7. The van der Waals surface area contributed by atoms with Gasteiger partial charge in [0.05, 0.1) is 6.61 Å². The van der Waals surface area contributed by atoms with Crippen LogP contribution in [-0.2, 0) is 0 Å². The molecule has 0 spiro atoms. The minimum Gasteiger partial charge on any atom is -0.491 e. The molecule has 150 valence electrons. The van der Waals surface area contributed by atoms with Crippen molar-refractivity contribution in [3.8, 4) is 5.75 Å². The molecule has 0 radical (unpaired) electrons. The van der Waals surface area contributed by atoms with Gasteiger partial charge in [-0.3, -0.25) is 0 Å². The lowest BCUT2D eigenvalue weighted by Crippen LogP contribution is -2.30. The van der Waals surface area contributed by atoms with Gasteiger partial charge in [-0.2, -0.15) is 4.39 Å². The van der Waals surface area contributed by atoms with E-state index in [1.165, 1.54) is 57.8 Å². The van der Waals surface area contributed by atoms with E-state index < -0.39 is 11.6 Å². The number of hydrogen-bond donors (Lipinski definition) is 0. The van der Waals surface area contributed by atoms with Crippen LogP contribution in [0.25, 0.3) is 0 Å². The van der Waals surface area contributed by atoms with E-state index in [-0.39, 0.29) is 11.7 Å². The second-order valence-corrected chi connectivity index (χ2v) is 9.19.